The zero-order valence-electron chi connectivity index (χ0n) is 20.2. The van der Waals surface area contributed by atoms with Crippen molar-refractivity contribution in [1.29, 1.82) is 0 Å². The highest BCUT2D eigenvalue weighted by Gasteiger charge is 2.10. The van der Waals surface area contributed by atoms with E-state index in [-0.39, 0.29) is 0 Å². The zero-order chi connectivity index (χ0) is 24.1. The fourth-order valence-corrected chi connectivity index (χ4v) is 6.87. The van der Waals surface area contributed by atoms with Crippen LogP contribution in [0.2, 0.25) is 0 Å². The van der Waals surface area contributed by atoms with E-state index in [0.717, 1.165) is 67.6 Å². The molecule has 0 aromatic carbocycles. The van der Waals surface area contributed by atoms with Crippen molar-refractivity contribution < 1.29 is 28.4 Å². The van der Waals surface area contributed by atoms with Crippen LogP contribution in [0.1, 0.15) is 0 Å². The largest absolute Gasteiger partial charge is 0.378 e. The second kappa shape index (κ2) is 31.9. The second-order valence-corrected chi connectivity index (χ2v) is 13.2. The monoisotopic (exact) mass is 584 g/mol. The van der Waals surface area contributed by atoms with Gasteiger partial charge in [0.2, 0.25) is 0 Å². The minimum Gasteiger partial charge on any atom is -0.378 e. The average Bonchev–Trinajstić information content (AvgIpc) is 2.83. The highest BCUT2D eigenvalue weighted by Crippen LogP contribution is 2.33. The van der Waals surface area contributed by atoms with Crippen molar-refractivity contribution in [2.24, 2.45) is 0 Å². The van der Waals surface area contributed by atoms with E-state index >= 15 is 0 Å². The van der Waals surface area contributed by atoms with Gasteiger partial charge < -0.3 is 28.4 Å². The molecule has 0 saturated heterocycles. The molecule has 0 saturated carbocycles. The summed E-state index contributed by atoms with van der Waals surface area (Å²) in [6, 6.07) is 0. The Balaban J connectivity index is 3.84. The van der Waals surface area contributed by atoms with Gasteiger partial charge in [-0.05, 0) is 12.5 Å². The zero-order valence-corrected chi connectivity index (χ0v) is 25.2. The number of rotatable bonds is 29. The summed E-state index contributed by atoms with van der Waals surface area (Å²) in [5.41, 5.74) is 0. The van der Waals surface area contributed by atoms with Gasteiger partial charge in [-0.15, -0.1) is 35.3 Å². The Labute approximate surface area is 228 Å². The van der Waals surface area contributed by atoms with Gasteiger partial charge in [-0.25, -0.2) is 0 Å². The lowest BCUT2D eigenvalue weighted by Gasteiger charge is -2.16. The van der Waals surface area contributed by atoms with Crippen LogP contribution in [-0.2, 0) is 28.4 Å². The maximum Gasteiger partial charge on any atom is 0.0958 e. The summed E-state index contributed by atoms with van der Waals surface area (Å²) < 4.78 is 33.9. The van der Waals surface area contributed by atoms with Crippen LogP contribution < -0.4 is 0 Å². The fraction of sp³-hybridized carbons (Fsp3) is 1.00. The lowest BCUT2D eigenvalue weighted by atomic mass is 10.7. The number of ether oxygens (including phenoxy) is 6. The second-order valence-electron chi connectivity index (χ2n) is 6.28. The molecule has 0 N–H and O–H groups in total. The Morgan fingerprint density at radius 1 is 0.455 bits per heavy atom. The van der Waals surface area contributed by atoms with Gasteiger partial charge in [0, 0.05) is 34.5 Å². The molecule has 0 aliphatic heterocycles. The van der Waals surface area contributed by atoms with E-state index in [9.17, 15) is 0 Å². The quantitative estimate of drug-likeness (QED) is 0.0781. The van der Waals surface area contributed by atoms with Crippen LogP contribution in [0.3, 0.4) is 0 Å². The van der Waals surface area contributed by atoms with Gasteiger partial charge in [-0.3, -0.25) is 0 Å². The van der Waals surface area contributed by atoms with Gasteiger partial charge in [0.25, 0.3) is 0 Å². The molecule has 0 aromatic rings. The van der Waals surface area contributed by atoms with E-state index in [4.69, 9.17) is 28.4 Å². The summed E-state index contributed by atoms with van der Waals surface area (Å²) in [4.78, 5) is 0. The molecule has 0 aromatic heterocycles. The molecule has 0 fully saturated rings. The SMILES string of the molecule is CSCCOCCOCCSC(SCCOCCOCCS)SCCOCCOCCSC. The molecule has 0 aliphatic rings. The summed E-state index contributed by atoms with van der Waals surface area (Å²) in [5, 5.41) is 0. The highest BCUT2D eigenvalue weighted by molar-refractivity contribution is 8.32. The molecular weight excluding hydrogens is 541 g/mol. The van der Waals surface area contributed by atoms with Gasteiger partial charge >= 0.3 is 0 Å². The summed E-state index contributed by atoms with van der Waals surface area (Å²) in [6.45, 7) is 8.44. The Morgan fingerprint density at radius 3 is 1.06 bits per heavy atom. The van der Waals surface area contributed by atoms with E-state index in [0.29, 0.717) is 50.2 Å². The van der Waals surface area contributed by atoms with Crippen molar-refractivity contribution in [3.05, 3.63) is 0 Å². The Morgan fingerprint density at radius 2 is 0.758 bits per heavy atom. The van der Waals surface area contributed by atoms with E-state index in [1.165, 1.54) is 0 Å². The summed E-state index contributed by atoms with van der Waals surface area (Å²) >= 11 is 13.5. The predicted molar refractivity (Wildman–Crippen MR) is 157 cm³/mol. The smallest absolute Gasteiger partial charge is 0.0958 e. The van der Waals surface area contributed by atoms with Crippen molar-refractivity contribution in [1.82, 2.24) is 0 Å². The van der Waals surface area contributed by atoms with Gasteiger partial charge in [-0.2, -0.15) is 36.2 Å². The first kappa shape index (κ1) is 34.9. The van der Waals surface area contributed by atoms with Crippen molar-refractivity contribution in [2.75, 3.05) is 126 Å². The Bertz CT molecular complexity index is 341. The van der Waals surface area contributed by atoms with Crippen molar-refractivity contribution in [2.45, 2.75) is 3.91 Å². The van der Waals surface area contributed by atoms with Gasteiger partial charge in [-0.1, -0.05) is 0 Å². The van der Waals surface area contributed by atoms with E-state index in [1.807, 2.05) is 35.3 Å². The fourth-order valence-electron chi connectivity index (χ4n) is 2.07. The minimum atomic E-state index is 0.442. The molecule has 0 bridgehead atoms. The van der Waals surface area contributed by atoms with E-state index < -0.39 is 0 Å². The first-order chi connectivity index (χ1) is 16.3. The molecule has 200 valence electrons. The molecule has 0 spiro atoms. The van der Waals surface area contributed by atoms with Gasteiger partial charge in [0.05, 0.1) is 83.2 Å². The number of thiol groups is 1. The molecule has 33 heavy (non-hydrogen) atoms. The predicted octanol–water partition coefficient (Wildman–Crippen LogP) is 4.23. The molecule has 6 nitrogen and oxygen atoms in total. The lowest BCUT2D eigenvalue weighted by Crippen LogP contribution is -2.11. The maximum absolute atomic E-state index is 5.70. The summed E-state index contributed by atoms with van der Waals surface area (Å²) in [5.74, 6) is 5.72. The maximum atomic E-state index is 5.70. The van der Waals surface area contributed by atoms with Crippen LogP contribution in [0, 0.1) is 0 Å². The standard InChI is InChI=1S/C21H44O6S6/c1-29-16-10-23-5-7-26-13-19-32-21(31-18-12-25-4-3-22-9-15-28)33-20-14-27-8-6-24-11-17-30-2/h21,28H,3-20H2,1-2H3. The lowest BCUT2D eigenvalue weighted by molar-refractivity contribution is 0.0604. The highest BCUT2D eigenvalue weighted by atomic mass is 32.3. The van der Waals surface area contributed by atoms with Crippen LogP contribution in [0.4, 0.5) is 0 Å². The van der Waals surface area contributed by atoms with E-state index in [1.54, 1.807) is 23.5 Å². The summed E-state index contributed by atoms with van der Waals surface area (Å²) in [6.07, 6.45) is 4.17. The van der Waals surface area contributed by atoms with Crippen LogP contribution in [0.25, 0.3) is 0 Å². The Hall–Kier alpha value is 1.86. The van der Waals surface area contributed by atoms with Gasteiger partial charge in [0.1, 0.15) is 0 Å². The molecular formula is C21H44O6S6. The molecule has 0 unspecified atom stereocenters. The van der Waals surface area contributed by atoms with Crippen molar-refractivity contribution in [3.8, 4) is 0 Å². The third-order valence-corrected chi connectivity index (χ3v) is 9.47. The van der Waals surface area contributed by atoms with Crippen LogP contribution in [-0.4, -0.2) is 130 Å². The topological polar surface area (TPSA) is 55.4 Å². The van der Waals surface area contributed by atoms with E-state index in [2.05, 4.69) is 25.1 Å². The van der Waals surface area contributed by atoms with Gasteiger partial charge in [0.15, 0.2) is 0 Å². The Kier molecular flexibility index (Phi) is 33.7. The molecule has 12 heteroatoms. The third kappa shape index (κ3) is 30.0. The summed E-state index contributed by atoms with van der Waals surface area (Å²) in [7, 11) is 0. The molecule has 0 heterocycles. The number of hydrogen-bond donors (Lipinski definition) is 1. The first-order valence-electron chi connectivity index (χ1n) is 11.2. The number of hydrogen-bond acceptors (Lipinski definition) is 12. The van der Waals surface area contributed by atoms with Crippen LogP contribution in [0.5, 0.6) is 0 Å². The molecule has 0 rings (SSSR count). The molecule has 0 aliphatic carbocycles. The third-order valence-electron chi connectivity index (χ3n) is 3.66. The molecule has 0 atom stereocenters. The minimum absolute atomic E-state index is 0.442. The van der Waals surface area contributed by atoms with Crippen LogP contribution >= 0.6 is 71.4 Å². The average molecular weight is 585 g/mol. The molecule has 0 radical (unpaired) electrons. The number of thioether (sulfide) groups is 5. The first-order valence-corrected chi connectivity index (χ1v) is 17.8. The van der Waals surface area contributed by atoms with Crippen LogP contribution in [0.15, 0.2) is 0 Å². The van der Waals surface area contributed by atoms with Crippen molar-refractivity contribution >= 4 is 71.4 Å². The van der Waals surface area contributed by atoms with Crippen molar-refractivity contribution in [3.63, 3.8) is 0 Å². The molecule has 0 amide bonds. The normalized spacial score (nSPS) is 11.6.